The Morgan fingerprint density at radius 3 is 2.52 bits per heavy atom. The number of hydrogen-bond donors (Lipinski definition) is 2. The van der Waals surface area contributed by atoms with E-state index in [9.17, 15) is 9.59 Å². The van der Waals surface area contributed by atoms with E-state index in [0.29, 0.717) is 47.4 Å². The molecular formula is C21H19N3O5. The van der Waals surface area contributed by atoms with Crippen LogP contribution in [0.25, 0.3) is 11.3 Å². The first-order valence-corrected chi connectivity index (χ1v) is 9.10. The van der Waals surface area contributed by atoms with Crippen molar-refractivity contribution in [3.63, 3.8) is 0 Å². The van der Waals surface area contributed by atoms with Crippen molar-refractivity contribution in [2.75, 3.05) is 18.5 Å². The minimum atomic E-state index is -0.247. The summed E-state index contributed by atoms with van der Waals surface area (Å²) in [7, 11) is 0. The van der Waals surface area contributed by atoms with Gasteiger partial charge in [-0.1, -0.05) is 5.16 Å². The average molecular weight is 393 g/mol. The SMILES string of the molecule is CC(=O)Nc1ccc(C(=O)NCc2cc(-c3ccc4c(c3)OCCO4)on2)cc1. The number of hydrogen-bond acceptors (Lipinski definition) is 6. The van der Waals surface area contributed by atoms with Crippen LogP contribution in [-0.4, -0.2) is 30.2 Å². The van der Waals surface area contributed by atoms with Gasteiger partial charge in [-0.25, -0.2) is 0 Å². The molecule has 1 aliphatic heterocycles. The Morgan fingerprint density at radius 1 is 1.00 bits per heavy atom. The zero-order chi connectivity index (χ0) is 20.2. The van der Waals surface area contributed by atoms with E-state index in [-0.39, 0.29) is 18.4 Å². The first kappa shape index (κ1) is 18.5. The first-order chi connectivity index (χ1) is 14.1. The van der Waals surface area contributed by atoms with Gasteiger partial charge >= 0.3 is 0 Å². The molecule has 1 aromatic heterocycles. The summed E-state index contributed by atoms with van der Waals surface area (Å²) in [6.07, 6.45) is 0. The smallest absolute Gasteiger partial charge is 0.251 e. The maximum atomic E-state index is 12.3. The van der Waals surface area contributed by atoms with Crippen molar-refractivity contribution >= 4 is 17.5 Å². The molecule has 0 radical (unpaired) electrons. The van der Waals surface area contributed by atoms with Crippen molar-refractivity contribution in [1.29, 1.82) is 0 Å². The van der Waals surface area contributed by atoms with Crippen LogP contribution in [0.4, 0.5) is 5.69 Å². The van der Waals surface area contributed by atoms with Gasteiger partial charge in [0, 0.05) is 29.8 Å². The average Bonchev–Trinajstić information content (AvgIpc) is 3.21. The van der Waals surface area contributed by atoms with Crippen LogP contribution in [0, 0.1) is 0 Å². The van der Waals surface area contributed by atoms with E-state index < -0.39 is 0 Å². The van der Waals surface area contributed by atoms with Gasteiger partial charge in [-0.3, -0.25) is 9.59 Å². The number of benzene rings is 2. The molecule has 0 bridgehead atoms. The fourth-order valence-corrected chi connectivity index (χ4v) is 2.91. The van der Waals surface area contributed by atoms with E-state index in [1.807, 2.05) is 18.2 Å². The number of nitrogens with one attached hydrogen (secondary N) is 2. The Bertz CT molecular complexity index is 1040. The molecule has 8 heteroatoms. The zero-order valence-electron chi connectivity index (χ0n) is 15.7. The number of rotatable bonds is 5. The quantitative estimate of drug-likeness (QED) is 0.691. The molecule has 29 heavy (non-hydrogen) atoms. The molecule has 3 aromatic rings. The van der Waals surface area contributed by atoms with Crippen LogP contribution in [-0.2, 0) is 11.3 Å². The van der Waals surface area contributed by atoms with E-state index in [1.165, 1.54) is 6.92 Å². The number of fused-ring (bicyclic) bond motifs is 1. The predicted molar refractivity (Wildman–Crippen MR) is 105 cm³/mol. The van der Waals surface area contributed by atoms with Crippen LogP contribution in [0.3, 0.4) is 0 Å². The normalized spacial score (nSPS) is 12.3. The summed E-state index contributed by atoms with van der Waals surface area (Å²) in [6.45, 7) is 2.70. The van der Waals surface area contributed by atoms with Crippen LogP contribution in [0.5, 0.6) is 11.5 Å². The molecule has 2 aromatic carbocycles. The van der Waals surface area contributed by atoms with Crippen LogP contribution in [0.1, 0.15) is 23.0 Å². The van der Waals surface area contributed by atoms with Crippen molar-refractivity contribution in [2.24, 2.45) is 0 Å². The fourth-order valence-electron chi connectivity index (χ4n) is 2.91. The van der Waals surface area contributed by atoms with Gasteiger partial charge < -0.3 is 24.6 Å². The summed E-state index contributed by atoms with van der Waals surface area (Å²) in [6, 6.07) is 13.9. The van der Waals surface area contributed by atoms with Gasteiger partial charge in [0.2, 0.25) is 5.91 Å². The standard InChI is InChI=1S/C21H19N3O5/c1-13(25)23-16-5-2-14(3-6-16)21(26)22-12-17-11-19(29-24-17)15-4-7-18-20(10-15)28-9-8-27-18/h2-7,10-11H,8-9,12H2,1H3,(H,22,26)(H,23,25). The van der Waals surface area contributed by atoms with E-state index >= 15 is 0 Å². The monoisotopic (exact) mass is 393 g/mol. The number of carbonyl (C=O) groups excluding carboxylic acids is 2. The first-order valence-electron chi connectivity index (χ1n) is 9.10. The Kier molecular flexibility index (Phi) is 5.15. The lowest BCUT2D eigenvalue weighted by Crippen LogP contribution is -2.22. The Morgan fingerprint density at radius 2 is 1.76 bits per heavy atom. The minimum absolute atomic E-state index is 0.165. The summed E-state index contributed by atoms with van der Waals surface area (Å²) >= 11 is 0. The van der Waals surface area contributed by atoms with E-state index in [2.05, 4.69) is 15.8 Å². The highest BCUT2D eigenvalue weighted by Crippen LogP contribution is 2.34. The van der Waals surface area contributed by atoms with Crippen molar-refractivity contribution in [2.45, 2.75) is 13.5 Å². The highest BCUT2D eigenvalue weighted by Gasteiger charge is 2.15. The highest BCUT2D eigenvalue weighted by atomic mass is 16.6. The van der Waals surface area contributed by atoms with Crippen LogP contribution >= 0.6 is 0 Å². The van der Waals surface area contributed by atoms with Crippen molar-refractivity contribution in [3.8, 4) is 22.8 Å². The number of amides is 2. The van der Waals surface area contributed by atoms with Gasteiger partial charge in [-0.15, -0.1) is 0 Å². The van der Waals surface area contributed by atoms with E-state index in [1.54, 1.807) is 30.3 Å². The molecule has 0 atom stereocenters. The number of anilines is 1. The number of nitrogens with zero attached hydrogens (tertiary/aromatic N) is 1. The van der Waals surface area contributed by atoms with Gasteiger partial charge in [0.25, 0.3) is 5.91 Å². The zero-order valence-corrected chi connectivity index (χ0v) is 15.7. The summed E-state index contributed by atoms with van der Waals surface area (Å²) in [5, 5.41) is 9.46. The summed E-state index contributed by atoms with van der Waals surface area (Å²) in [4.78, 5) is 23.3. The van der Waals surface area contributed by atoms with Crippen LogP contribution in [0.2, 0.25) is 0 Å². The molecule has 148 valence electrons. The molecule has 0 saturated carbocycles. The van der Waals surface area contributed by atoms with Gasteiger partial charge in [0.15, 0.2) is 17.3 Å². The van der Waals surface area contributed by atoms with Crippen molar-refractivity contribution in [1.82, 2.24) is 10.5 Å². The Balaban J connectivity index is 1.38. The molecule has 0 fully saturated rings. The van der Waals surface area contributed by atoms with Gasteiger partial charge in [-0.05, 0) is 42.5 Å². The van der Waals surface area contributed by atoms with Gasteiger partial charge in [0.05, 0.1) is 6.54 Å². The van der Waals surface area contributed by atoms with E-state index in [0.717, 1.165) is 5.56 Å². The number of carbonyl (C=O) groups is 2. The Hall–Kier alpha value is -3.81. The van der Waals surface area contributed by atoms with Crippen molar-refractivity contribution < 1.29 is 23.6 Å². The summed E-state index contributed by atoms with van der Waals surface area (Å²) in [5.41, 5.74) is 2.52. The third kappa shape index (κ3) is 4.37. The second-order valence-electron chi connectivity index (χ2n) is 6.48. The molecule has 0 aliphatic carbocycles. The lowest BCUT2D eigenvalue weighted by molar-refractivity contribution is -0.114. The topological polar surface area (TPSA) is 103 Å². The lowest BCUT2D eigenvalue weighted by Gasteiger charge is -2.18. The molecule has 2 heterocycles. The van der Waals surface area contributed by atoms with Gasteiger partial charge in [0.1, 0.15) is 18.9 Å². The third-order valence-electron chi connectivity index (χ3n) is 4.28. The van der Waals surface area contributed by atoms with E-state index in [4.69, 9.17) is 14.0 Å². The molecule has 0 unspecified atom stereocenters. The molecule has 0 saturated heterocycles. The summed E-state index contributed by atoms with van der Waals surface area (Å²) < 4.78 is 16.5. The van der Waals surface area contributed by atoms with Crippen molar-refractivity contribution in [3.05, 3.63) is 59.8 Å². The fraction of sp³-hybridized carbons (Fsp3) is 0.190. The second-order valence-corrected chi connectivity index (χ2v) is 6.48. The van der Waals surface area contributed by atoms with Crippen LogP contribution < -0.4 is 20.1 Å². The van der Waals surface area contributed by atoms with Gasteiger partial charge in [-0.2, -0.15) is 0 Å². The number of aromatic nitrogens is 1. The molecule has 8 nitrogen and oxygen atoms in total. The molecular weight excluding hydrogens is 374 g/mol. The molecule has 4 rings (SSSR count). The maximum Gasteiger partial charge on any atom is 0.251 e. The minimum Gasteiger partial charge on any atom is -0.486 e. The third-order valence-corrected chi connectivity index (χ3v) is 4.28. The molecule has 2 N–H and O–H groups in total. The van der Waals surface area contributed by atoms with Crippen LogP contribution in [0.15, 0.2) is 53.1 Å². The maximum absolute atomic E-state index is 12.3. The summed E-state index contributed by atoms with van der Waals surface area (Å²) in [5.74, 6) is 1.54. The largest absolute Gasteiger partial charge is 0.486 e. The molecule has 1 aliphatic rings. The highest BCUT2D eigenvalue weighted by molar-refractivity contribution is 5.95. The predicted octanol–water partition coefficient (Wildman–Crippen LogP) is 3.00. The lowest BCUT2D eigenvalue weighted by atomic mass is 10.1. The second kappa shape index (κ2) is 8.05. The number of ether oxygens (including phenoxy) is 2. The Labute approximate surface area is 166 Å². The molecule has 2 amide bonds. The molecule has 0 spiro atoms.